The highest BCUT2D eigenvalue weighted by Crippen LogP contribution is 2.16. The third-order valence-corrected chi connectivity index (χ3v) is 3.59. The van der Waals surface area contributed by atoms with Gasteiger partial charge in [0, 0.05) is 11.3 Å². The summed E-state index contributed by atoms with van der Waals surface area (Å²) < 4.78 is 5.05. The number of hydrogen-bond acceptors (Lipinski definition) is 3. The van der Waals surface area contributed by atoms with Crippen molar-refractivity contribution in [1.82, 2.24) is 5.32 Å². The molecule has 0 aliphatic carbocycles. The molecule has 24 heavy (non-hydrogen) atoms. The second-order valence-electron chi connectivity index (χ2n) is 5.20. The minimum atomic E-state index is -0.585. The monoisotopic (exact) mass is 320 g/mol. The average molecular weight is 320 g/mol. The van der Waals surface area contributed by atoms with Crippen molar-refractivity contribution >= 4 is 28.4 Å². The largest absolute Gasteiger partial charge is 0.497 e. The summed E-state index contributed by atoms with van der Waals surface area (Å²) in [6, 6.07) is 19.3. The summed E-state index contributed by atoms with van der Waals surface area (Å²) in [5.41, 5.74) is 0.998. The van der Waals surface area contributed by atoms with Gasteiger partial charge in [-0.1, -0.05) is 30.3 Å². The van der Waals surface area contributed by atoms with E-state index in [9.17, 15) is 9.59 Å². The zero-order valence-electron chi connectivity index (χ0n) is 13.1. The number of nitrogens with one attached hydrogen (secondary N) is 2. The lowest BCUT2D eigenvalue weighted by molar-refractivity contribution is 0.0967. The van der Waals surface area contributed by atoms with E-state index in [1.807, 2.05) is 30.3 Å². The molecule has 2 N–H and O–H groups in total. The van der Waals surface area contributed by atoms with Crippen molar-refractivity contribution in [1.29, 1.82) is 0 Å². The Morgan fingerprint density at radius 2 is 1.58 bits per heavy atom. The summed E-state index contributed by atoms with van der Waals surface area (Å²) in [6.45, 7) is 0. The van der Waals surface area contributed by atoms with E-state index in [1.165, 1.54) is 0 Å². The molecule has 3 aromatic carbocycles. The lowest BCUT2D eigenvalue weighted by atomic mass is 10.1. The number of imide groups is 1. The van der Waals surface area contributed by atoms with Gasteiger partial charge < -0.3 is 10.1 Å². The predicted molar refractivity (Wildman–Crippen MR) is 93.4 cm³/mol. The molecule has 0 saturated heterocycles. The number of hydrogen-bond donors (Lipinski definition) is 2. The maximum absolute atomic E-state index is 12.2. The first-order valence-electron chi connectivity index (χ1n) is 7.41. The Morgan fingerprint density at radius 3 is 2.29 bits per heavy atom. The van der Waals surface area contributed by atoms with Crippen LogP contribution in [-0.2, 0) is 0 Å². The van der Waals surface area contributed by atoms with Crippen LogP contribution in [0.2, 0.25) is 0 Å². The highest BCUT2D eigenvalue weighted by atomic mass is 16.5. The first-order chi connectivity index (χ1) is 11.7. The molecule has 0 heterocycles. The van der Waals surface area contributed by atoms with Gasteiger partial charge in [-0.2, -0.15) is 0 Å². The number of methoxy groups -OCH3 is 1. The minimum absolute atomic E-state index is 0.429. The van der Waals surface area contributed by atoms with E-state index >= 15 is 0 Å². The number of amides is 3. The fraction of sp³-hybridized carbons (Fsp3) is 0.0526. The zero-order chi connectivity index (χ0) is 16.9. The lowest BCUT2D eigenvalue weighted by Gasteiger charge is -2.08. The summed E-state index contributed by atoms with van der Waals surface area (Å²) >= 11 is 0. The van der Waals surface area contributed by atoms with Gasteiger partial charge in [0.2, 0.25) is 0 Å². The van der Waals surface area contributed by atoms with Gasteiger partial charge in [-0.05, 0) is 47.2 Å². The molecule has 3 amide bonds. The van der Waals surface area contributed by atoms with Crippen LogP contribution < -0.4 is 15.4 Å². The molecule has 5 nitrogen and oxygen atoms in total. The summed E-state index contributed by atoms with van der Waals surface area (Å²) in [4.78, 5) is 24.1. The van der Waals surface area contributed by atoms with Crippen molar-refractivity contribution in [2.45, 2.75) is 0 Å². The van der Waals surface area contributed by atoms with Crippen molar-refractivity contribution in [3.05, 3.63) is 72.3 Å². The summed E-state index contributed by atoms with van der Waals surface area (Å²) in [5, 5.41) is 6.91. The molecule has 0 atom stereocenters. The number of fused-ring (bicyclic) bond motifs is 1. The molecule has 0 radical (unpaired) electrons. The lowest BCUT2D eigenvalue weighted by Crippen LogP contribution is -2.34. The van der Waals surface area contributed by atoms with Gasteiger partial charge in [0.15, 0.2) is 0 Å². The molecule has 0 aliphatic rings. The van der Waals surface area contributed by atoms with Crippen LogP contribution in [0.25, 0.3) is 10.8 Å². The molecule has 0 fully saturated rings. The second-order valence-corrected chi connectivity index (χ2v) is 5.20. The van der Waals surface area contributed by atoms with E-state index < -0.39 is 11.9 Å². The molecule has 0 saturated carbocycles. The first kappa shape index (κ1) is 15.6. The third kappa shape index (κ3) is 3.52. The summed E-state index contributed by atoms with van der Waals surface area (Å²) in [5.74, 6) is 0.236. The van der Waals surface area contributed by atoms with E-state index in [1.54, 1.807) is 43.5 Å². The van der Waals surface area contributed by atoms with Gasteiger partial charge in [0.25, 0.3) is 5.91 Å². The Kier molecular flexibility index (Phi) is 4.43. The fourth-order valence-corrected chi connectivity index (χ4v) is 2.34. The highest BCUT2D eigenvalue weighted by Gasteiger charge is 2.11. The Labute approximate surface area is 139 Å². The quantitative estimate of drug-likeness (QED) is 0.771. The molecular formula is C19H16N2O3. The first-order valence-corrected chi connectivity index (χ1v) is 7.41. The molecule has 0 aromatic heterocycles. The maximum atomic E-state index is 12.2. The van der Waals surface area contributed by atoms with Gasteiger partial charge in [-0.3, -0.25) is 10.1 Å². The predicted octanol–water partition coefficient (Wildman–Crippen LogP) is 3.81. The molecule has 0 spiro atoms. The molecule has 120 valence electrons. The topological polar surface area (TPSA) is 67.4 Å². The van der Waals surface area contributed by atoms with Crippen LogP contribution >= 0.6 is 0 Å². The SMILES string of the molecule is COc1ccc(NC(=O)NC(=O)c2ccc3ccccc3c2)cc1. The highest BCUT2D eigenvalue weighted by molar-refractivity contribution is 6.09. The molecule has 3 aromatic rings. The van der Waals surface area contributed by atoms with Crippen molar-refractivity contribution in [2.24, 2.45) is 0 Å². The van der Waals surface area contributed by atoms with E-state index in [2.05, 4.69) is 10.6 Å². The van der Waals surface area contributed by atoms with Gasteiger partial charge in [0.1, 0.15) is 5.75 Å². The van der Waals surface area contributed by atoms with Crippen molar-refractivity contribution in [3.63, 3.8) is 0 Å². The molecule has 0 unspecified atom stereocenters. The molecule has 3 rings (SSSR count). The van der Waals surface area contributed by atoms with Crippen LogP contribution in [-0.4, -0.2) is 19.0 Å². The summed E-state index contributed by atoms with van der Waals surface area (Å²) in [6.07, 6.45) is 0. The van der Waals surface area contributed by atoms with Crippen LogP contribution in [0.15, 0.2) is 66.7 Å². The average Bonchev–Trinajstić information content (AvgIpc) is 2.61. The normalized spacial score (nSPS) is 10.2. The van der Waals surface area contributed by atoms with E-state index in [0.29, 0.717) is 17.0 Å². The Morgan fingerprint density at radius 1 is 0.875 bits per heavy atom. The molecule has 0 bridgehead atoms. The number of carbonyl (C=O) groups excluding carboxylic acids is 2. The zero-order valence-corrected chi connectivity index (χ0v) is 13.1. The van der Waals surface area contributed by atoms with E-state index in [0.717, 1.165) is 10.8 Å². The smallest absolute Gasteiger partial charge is 0.326 e. The van der Waals surface area contributed by atoms with E-state index in [4.69, 9.17) is 4.74 Å². The molecule has 0 aliphatic heterocycles. The van der Waals surface area contributed by atoms with Crippen LogP contribution in [0, 0.1) is 0 Å². The Balaban J connectivity index is 1.67. The van der Waals surface area contributed by atoms with Gasteiger partial charge in [0.05, 0.1) is 7.11 Å². The minimum Gasteiger partial charge on any atom is -0.497 e. The summed E-state index contributed by atoms with van der Waals surface area (Å²) in [7, 11) is 1.57. The van der Waals surface area contributed by atoms with Crippen molar-refractivity contribution < 1.29 is 14.3 Å². The number of anilines is 1. The number of rotatable bonds is 3. The van der Waals surface area contributed by atoms with Crippen molar-refractivity contribution in [3.8, 4) is 5.75 Å². The standard InChI is InChI=1S/C19H16N2O3/c1-24-17-10-8-16(9-11-17)20-19(23)21-18(22)15-7-6-13-4-2-3-5-14(13)12-15/h2-12H,1H3,(H2,20,21,22,23). The second kappa shape index (κ2) is 6.83. The van der Waals surface area contributed by atoms with Crippen LogP contribution in [0.4, 0.5) is 10.5 Å². The van der Waals surface area contributed by atoms with Crippen LogP contribution in [0.5, 0.6) is 5.75 Å². The number of benzene rings is 3. The molecule has 5 heteroatoms. The van der Waals surface area contributed by atoms with E-state index in [-0.39, 0.29) is 0 Å². The number of carbonyl (C=O) groups is 2. The van der Waals surface area contributed by atoms with Gasteiger partial charge in [-0.15, -0.1) is 0 Å². The van der Waals surface area contributed by atoms with Crippen LogP contribution in [0.1, 0.15) is 10.4 Å². The fourth-order valence-electron chi connectivity index (χ4n) is 2.34. The Bertz CT molecular complexity index is 889. The Hall–Kier alpha value is -3.34. The molecular weight excluding hydrogens is 304 g/mol. The third-order valence-electron chi connectivity index (χ3n) is 3.59. The number of ether oxygens (including phenoxy) is 1. The van der Waals surface area contributed by atoms with Crippen LogP contribution in [0.3, 0.4) is 0 Å². The van der Waals surface area contributed by atoms with Crippen molar-refractivity contribution in [2.75, 3.05) is 12.4 Å². The van der Waals surface area contributed by atoms with Gasteiger partial charge >= 0.3 is 6.03 Å². The maximum Gasteiger partial charge on any atom is 0.326 e. The number of urea groups is 1. The van der Waals surface area contributed by atoms with Gasteiger partial charge in [-0.25, -0.2) is 4.79 Å².